The zero-order valence-corrected chi connectivity index (χ0v) is 11.0. The van der Waals surface area contributed by atoms with Crippen LogP contribution in [0.2, 0.25) is 0 Å². The third-order valence-electron chi connectivity index (χ3n) is 4.12. The molecule has 2 aliphatic rings. The molecule has 1 saturated heterocycles. The van der Waals surface area contributed by atoms with E-state index < -0.39 is 0 Å². The van der Waals surface area contributed by atoms with Crippen molar-refractivity contribution in [3.8, 4) is 0 Å². The van der Waals surface area contributed by atoms with Gasteiger partial charge in [0, 0.05) is 10.5 Å². The van der Waals surface area contributed by atoms with E-state index in [4.69, 9.17) is 4.98 Å². The maximum atomic E-state index is 4.72. The van der Waals surface area contributed by atoms with Gasteiger partial charge < -0.3 is 10.3 Å². The van der Waals surface area contributed by atoms with E-state index in [2.05, 4.69) is 38.4 Å². The van der Waals surface area contributed by atoms with Crippen molar-refractivity contribution in [3.63, 3.8) is 0 Å². The van der Waals surface area contributed by atoms with Gasteiger partial charge in [0.2, 0.25) is 0 Å². The lowest BCUT2D eigenvalue weighted by molar-refractivity contribution is 0.380. The number of H-pyrrole nitrogens is 1. The molecule has 0 spiro atoms. The van der Waals surface area contributed by atoms with Gasteiger partial charge in [0.05, 0.1) is 17.1 Å². The number of hydrogen-bond acceptors (Lipinski definition) is 2. The Balaban J connectivity index is 1.76. The molecule has 2 bridgehead atoms. The summed E-state index contributed by atoms with van der Waals surface area (Å²) in [5.41, 5.74) is 2.19. The van der Waals surface area contributed by atoms with Crippen LogP contribution in [0.3, 0.4) is 0 Å². The van der Waals surface area contributed by atoms with Gasteiger partial charge in [0.1, 0.15) is 5.82 Å². The van der Waals surface area contributed by atoms with Crippen LogP contribution in [0.1, 0.15) is 31.1 Å². The predicted octanol–water partition coefficient (Wildman–Crippen LogP) is 3.14. The minimum absolute atomic E-state index is 0.444. The quantitative estimate of drug-likeness (QED) is 0.847. The van der Waals surface area contributed by atoms with Gasteiger partial charge in [0.25, 0.3) is 0 Å². The van der Waals surface area contributed by atoms with Crippen molar-refractivity contribution >= 4 is 27.0 Å². The third-order valence-corrected chi connectivity index (χ3v) is 4.61. The van der Waals surface area contributed by atoms with E-state index in [1.807, 2.05) is 6.07 Å². The summed E-state index contributed by atoms with van der Waals surface area (Å²) in [7, 11) is 0. The Morgan fingerprint density at radius 3 is 3.00 bits per heavy atom. The summed E-state index contributed by atoms with van der Waals surface area (Å²) in [5.74, 6) is 1.90. The van der Waals surface area contributed by atoms with E-state index in [-0.39, 0.29) is 0 Å². The van der Waals surface area contributed by atoms with Crippen molar-refractivity contribution in [1.82, 2.24) is 15.3 Å². The second-order valence-corrected chi connectivity index (χ2v) is 6.11. The summed E-state index contributed by atoms with van der Waals surface area (Å²) in [5, 5.41) is 3.68. The third kappa shape index (κ3) is 1.54. The molecule has 88 valence electrons. The van der Waals surface area contributed by atoms with Crippen LogP contribution in [-0.4, -0.2) is 16.0 Å². The number of halogens is 1. The van der Waals surface area contributed by atoms with Crippen LogP contribution in [0, 0.1) is 5.92 Å². The van der Waals surface area contributed by atoms with Crippen molar-refractivity contribution in [2.45, 2.75) is 31.3 Å². The molecule has 2 fully saturated rings. The molecule has 2 aromatic rings. The van der Waals surface area contributed by atoms with Crippen LogP contribution >= 0.6 is 15.9 Å². The Morgan fingerprint density at radius 1 is 1.29 bits per heavy atom. The number of nitrogens with zero attached hydrogens (tertiary/aromatic N) is 1. The molecule has 1 aromatic heterocycles. The van der Waals surface area contributed by atoms with Gasteiger partial charge in [-0.3, -0.25) is 0 Å². The number of piperidine rings is 1. The second-order valence-electron chi connectivity index (χ2n) is 5.20. The van der Waals surface area contributed by atoms with Gasteiger partial charge in [-0.15, -0.1) is 0 Å². The number of aromatic nitrogens is 2. The summed E-state index contributed by atoms with van der Waals surface area (Å²) in [6.45, 7) is 0. The molecule has 1 aromatic carbocycles. The molecule has 4 heteroatoms. The van der Waals surface area contributed by atoms with Crippen LogP contribution < -0.4 is 5.32 Å². The normalized spacial score (nSPS) is 31.5. The van der Waals surface area contributed by atoms with Gasteiger partial charge in [-0.25, -0.2) is 4.98 Å². The molecule has 1 aliphatic carbocycles. The summed E-state index contributed by atoms with van der Waals surface area (Å²) >= 11 is 3.49. The van der Waals surface area contributed by atoms with Gasteiger partial charge in [-0.2, -0.15) is 0 Å². The molecule has 3 nitrogen and oxygen atoms in total. The first-order valence-electron chi connectivity index (χ1n) is 6.21. The highest BCUT2D eigenvalue weighted by atomic mass is 79.9. The molecule has 0 amide bonds. The summed E-state index contributed by atoms with van der Waals surface area (Å²) in [6, 6.07) is 7.37. The number of aromatic amines is 1. The average molecular weight is 292 g/mol. The van der Waals surface area contributed by atoms with E-state index in [1.54, 1.807) is 0 Å². The van der Waals surface area contributed by atoms with Gasteiger partial charge in [0.15, 0.2) is 0 Å². The summed E-state index contributed by atoms with van der Waals surface area (Å²) < 4.78 is 1.10. The van der Waals surface area contributed by atoms with Crippen molar-refractivity contribution in [3.05, 3.63) is 28.5 Å². The van der Waals surface area contributed by atoms with Crippen molar-refractivity contribution < 1.29 is 0 Å². The van der Waals surface area contributed by atoms with Crippen LogP contribution in [0.25, 0.3) is 11.0 Å². The van der Waals surface area contributed by atoms with E-state index in [9.17, 15) is 0 Å². The molecule has 2 N–H and O–H groups in total. The molecule has 1 saturated carbocycles. The van der Waals surface area contributed by atoms with Crippen molar-refractivity contribution in [2.75, 3.05) is 0 Å². The Bertz CT molecular complexity index is 577. The zero-order valence-electron chi connectivity index (χ0n) is 9.41. The SMILES string of the molecule is Brc1ccc2nc(C3NC4CC[C@@H]3C4)[nH]c2c1. The average Bonchev–Trinajstić information content (AvgIpc) is 3.01. The standard InChI is InChI=1S/C13H14BrN3/c14-8-2-4-10-11(6-8)17-13(16-10)12-7-1-3-9(5-7)15-12/h2,4,6-7,9,12,15H,1,3,5H2,(H,16,17)/t7-,9?,12?/m1/s1. The molecule has 3 atom stereocenters. The first kappa shape index (κ1) is 10.1. The Labute approximate surface area is 108 Å². The fraction of sp³-hybridized carbons (Fsp3) is 0.462. The lowest BCUT2D eigenvalue weighted by Gasteiger charge is -2.20. The second kappa shape index (κ2) is 3.56. The Hall–Kier alpha value is -0.870. The minimum Gasteiger partial charge on any atom is -0.341 e. The molecule has 4 rings (SSSR count). The highest BCUT2D eigenvalue weighted by Gasteiger charge is 2.41. The number of hydrogen-bond donors (Lipinski definition) is 2. The smallest absolute Gasteiger partial charge is 0.124 e. The topological polar surface area (TPSA) is 40.7 Å². The first-order chi connectivity index (χ1) is 8.29. The highest BCUT2D eigenvalue weighted by Crippen LogP contribution is 2.42. The molecule has 1 aliphatic heterocycles. The maximum absolute atomic E-state index is 4.72. The van der Waals surface area contributed by atoms with E-state index in [1.165, 1.54) is 19.3 Å². The number of benzene rings is 1. The first-order valence-corrected chi connectivity index (χ1v) is 7.00. The van der Waals surface area contributed by atoms with Crippen LogP contribution in [-0.2, 0) is 0 Å². The van der Waals surface area contributed by atoms with E-state index >= 15 is 0 Å². The Morgan fingerprint density at radius 2 is 2.24 bits per heavy atom. The van der Waals surface area contributed by atoms with Crippen molar-refractivity contribution in [1.29, 1.82) is 0 Å². The van der Waals surface area contributed by atoms with E-state index in [0.717, 1.165) is 33.3 Å². The number of nitrogens with one attached hydrogen (secondary N) is 2. The minimum atomic E-state index is 0.444. The maximum Gasteiger partial charge on any atom is 0.124 e. The molecule has 0 radical (unpaired) electrons. The lowest BCUT2D eigenvalue weighted by Crippen LogP contribution is -2.29. The zero-order chi connectivity index (χ0) is 11.4. The van der Waals surface area contributed by atoms with Crippen molar-refractivity contribution in [2.24, 2.45) is 5.92 Å². The Kier molecular flexibility index (Phi) is 2.11. The fourth-order valence-corrected chi connectivity index (χ4v) is 3.67. The van der Waals surface area contributed by atoms with Crippen LogP contribution in [0.5, 0.6) is 0 Å². The summed E-state index contributed by atoms with van der Waals surface area (Å²) in [6.07, 6.45) is 4.02. The fourth-order valence-electron chi connectivity index (χ4n) is 3.31. The number of imidazole rings is 1. The number of rotatable bonds is 1. The van der Waals surface area contributed by atoms with E-state index in [0.29, 0.717) is 6.04 Å². The molecular weight excluding hydrogens is 278 g/mol. The molecule has 2 heterocycles. The largest absolute Gasteiger partial charge is 0.341 e. The highest BCUT2D eigenvalue weighted by molar-refractivity contribution is 9.10. The van der Waals surface area contributed by atoms with Gasteiger partial charge in [-0.1, -0.05) is 15.9 Å². The summed E-state index contributed by atoms with van der Waals surface area (Å²) in [4.78, 5) is 8.18. The molecular formula is C13H14BrN3. The van der Waals surface area contributed by atoms with Gasteiger partial charge >= 0.3 is 0 Å². The molecule has 2 unspecified atom stereocenters. The monoisotopic (exact) mass is 291 g/mol. The lowest BCUT2D eigenvalue weighted by atomic mass is 10.00. The van der Waals surface area contributed by atoms with Crippen LogP contribution in [0.4, 0.5) is 0 Å². The van der Waals surface area contributed by atoms with Gasteiger partial charge in [-0.05, 0) is 43.4 Å². The van der Waals surface area contributed by atoms with Crippen LogP contribution in [0.15, 0.2) is 22.7 Å². The molecule has 17 heavy (non-hydrogen) atoms. The predicted molar refractivity (Wildman–Crippen MR) is 70.8 cm³/mol. The number of fused-ring (bicyclic) bond motifs is 3.